The molecule has 2 rings (SSSR count). The summed E-state index contributed by atoms with van der Waals surface area (Å²) in [7, 11) is 1.80. The molecule has 0 spiro atoms. The predicted molar refractivity (Wildman–Crippen MR) is 134 cm³/mol. The minimum atomic E-state index is -1.16. The molecular weight excluding hydrogens is 474 g/mol. The van der Waals surface area contributed by atoms with Gasteiger partial charge in [0, 0.05) is 29.4 Å². The number of methoxy groups -OCH3 is 1. The number of hydrogen-bond acceptors (Lipinski definition) is 4. The monoisotopic (exact) mass is 513 g/mol. The Hall–Kier alpha value is -0.530. The van der Waals surface area contributed by atoms with Crippen LogP contribution in [0.3, 0.4) is 0 Å². The van der Waals surface area contributed by atoms with Gasteiger partial charge in [-0.25, -0.2) is 0 Å². The summed E-state index contributed by atoms with van der Waals surface area (Å²) >= 11 is 2.46. The molecule has 1 saturated carbocycles. The molecule has 1 aromatic carbocycles. The summed E-state index contributed by atoms with van der Waals surface area (Å²) < 4.78 is 29.0. The van der Waals surface area contributed by atoms with Crippen LogP contribution in [0.1, 0.15) is 65.5 Å². The Kier molecular flexibility index (Phi) is 9.53. The van der Waals surface area contributed by atoms with E-state index in [9.17, 15) is 4.55 Å². The van der Waals surface area contributed by atoms with Crippen molar-refractivity contribution in [3.8, 4) is 0 Å². The van der Waals surface area contributed by atoms with Crippen molar-refractivity contribution in [2.24, 2.45) is 11.8 Å². The highest BCUT2D eigenvalue weighted by Gasteiger charge is 2.47. The van der Waals surface area contributed by atoms with Crippen molar-refractivity contribution < 1.29 is 14.0 Å². The first-order chi connectivity index (χ1) is 14.4. The summed E-state index contributed by atoms with van der Waals surface area (Å²) in [5, 5.41) is 0. The summed E-state index contributed by atoms with van der Waals surface area (Å²) in [6, 6.07) is 6.42. The van der Waals surface area contributed by atoms with Gasteiger partial charge in [0.25, 0.3) is 0 Å². The molecule has 0 bridgehead atoms. The molecule has 0 amide bonds. The summed E-state index contributed by atoms with van der Waals surface area (Å²) in [4.78, 5) is 0. The second-order valence-corrected chi connectivity index (χ2v) is 12.9. The van der Waals surface area contributed by atoms with Crippen LogP contribution in [0, 0.1) is 11.8 Å². The minimum absolute atomic E-state index is 0.222. The van der Waals surface area contributed by atoms with Gasteiger partial charge in [-0.2, -0.15) is 0 Å². The van der Waals surface area contributed by atoms with Gasteiger partial charge in [-0.3, -0.25) is 0 Å². The number of allylic oxidation sites excluding steroid dienone is 1. The molecule has 0 saturated heterocycles. The van der Waals surface area contributed by atoms with Gasteiger partial charge in [-0.05, 0) is 82.1 Å². The Morgan fingerprint density at radius 2 is 1.87 bits per heavy atom. The zero-order valence-corrected chi connectivity index (χ0v) is 22.6. The molecule has 0 radical (unpaired) electrons. The topological polar surface area (TPSA) is 53.5 Å². The van der Waals surface area contributed by atoms with Crippen molar-refractivity contribution in [1.82, 2.24) is 4.72 Å². The van der Waals surface area contributed by atoms with Crippen molar-refractivity contribution in [2.45, 2.75) is 83.6 Å². The highest BCUT2D eigenvalue weighted by atomic mass is 79.9. The minimum Gasteiger partial charge on any atom is -0.598 e. The number of benzene rings is 1. The Morgan fingerprint density at radius 3 is 2.39 bits per heavy atom. The highest BCUT2D eigenvalue weighted by molar-refractivity contribution is 9.10. The average Bonchev–Trinajstić information content (AvgIpc) is 2.63. The van der Waals surface area contributed by atoms with E-state index in [4.69, 9.17) is 9.47 Å². The molecule has 1 fully saturated rings. The van der Waals surface area contributed by atoms with Gasteiger partial charge < -0.3 is 14.0 Å². The Morgan fingerprint density at radius 1 is 1.26 bits per heavy atom. The molecule has 0 aromatic heterocycles. The van der Waals surface area contributed by atoms with Crippen LogP contribution in [-0.4, -0.2) is 34.7 Å². The van der Waals surface area contributed by atoms with E-state index in [0.717, 1.165) is 29.5 Å². The Bertz CT molecular complexity index is 737. The lowest BCUT2D eigenvalue weighted by atomic mass is 9.68. The maximum Gasteiger partial charge on any atom is 0.136 e. The number of ether oxygens (including phenoxy) is 2. The number of rotatable bonds is 9. The third-order valence-corrected chi connectivity index (χ3v) is 8.34. The quantitative estimate of drug-likeness (QED) is 0.327. The molecule has 1 aromatic rings. The van der Waals surface area contributed by atoms with Crippen LogP contribution in [0.4, 0.5) is 0 Å². The predicted octanol–water partition coefficient (Wildman–Crippen LogP) is 5.96. The Balaban J connectivity index is 2.41. The molecule has 3 unspecified atom stereocenters. The molecule has 1 N–H and O–H groups in total. The number of hydrogen-bond donors (Lipinski definition) is 1. The van der Waals surface area contributed by atoms with Gasteiger partial charge in [0.15, 0.2) is 0 Å². The summed E-state index contributed by atoms with van der Waals surface area (Å²) in [5.41, 5.74) is 2.18. The first-order valence-corrected chi connectivity index (χ1v) is 13.2. The smallest absolute Gasteiger partial charge is 0.136 e. The lowest BCUT2D eigenvalue weighted by Crippen LogP contribution is -2.60. The zero-order valence-electron chi connectivity index (χ0n) is 20.2. The molecule has 5 atom stereocenters. The van der Waals surface area contributed by atoms with Crippen molar-refractivity contribution >= 4 is 27.3 Å². The number of nitrogens with one attached hydrogen (secondary N) is 1. The van der Waals surface area contributed by atoms with E-state index < -0.39 is 11.4 Å². The molecule has 6 heteroatoms. The van der Waals surface area contributed by atoms with Crippen molar-refractivity contribution in [2.75, 3.05) is 13.7 Å². The van der Waals surface area contributed by atoms with Gasteiger partial charge in [-0.15, -0.1) is 4.72 Å². The van der Waals surface area contributed by atoms with Crippen LogP contribution in [-0.2, 0) is 33.7 Å². The Labute approximate surface area is 201 Å². The van der Waals surface area contributed by atoms with E-state index in [1.165, 1.54) is 11.1 Å². The molecule has 4 nitrogen and oxygen atoms in total. The van der Waals surface area contributed by atoms with Crippen LogP contribution in [0.15, 0.2) is 35.0 Å². The summed E-state index contributed by atoms with van der Waals surface area (Å²) in [6.45, 7) is 17.2. The van der Waals surface area contributed by atoms with Crippen LogP contribution in [0.5, 0.6) is 0 Å². The molecular formula is C25H40BrNO3S. The van der Waals surface area contributed by atoms with Gasteiger partial charge in [0.05, 0.1) is 24.0 Å². The van der Waals surface area contributed by atoms with E-state index >= 15 is 0 Å². The largest absolute Gasteiger partial charge is 0.598 e. The SMILES string of the molecule is C=C(Cc1cc(Br)ccc1CC1(N[S+]([O-])C(C)(C)C)C[C@@H](C)C(OC)[C@@H](C)C1)OCC. The van der Waals surface area contributed by atoms with Crippen molar-refractivity contribution in [1.29, 1.82) is 0 Å². The van der Waals surface area contributed by atoms with Gasteiger partial charge in [-0.1, -0.05) is 42.4 Å². The molecule has 176 valence electrons. The normalized spacial score (nSPS) is 27.7. The first kappa shape index (κ1) is 26.7. The van der Waals surface area contributed by atoms with Gasteiger partial charge in [0.1, 0.15) is 4.75 Å². The fourth-order valence-corrected chi connectivity index (χ4v) is 6.30. The van der Waals surface area contributed by atoms with Crippen LogP contribution in [0.2, 0.25) is 0 Å². The van der Waals surface area contributed by atoms with Gasteiger partial charge in [0.2, 0.25) is 0 Å². The first-order valence-electron chi connectivity index (χ1n) is 11.2. The molecule has 0 aliphatic heterocycles. The highest BCUT2D eigenvalue weighted by Crippen LogP contribution is 2.41. The lowest BCUT2D eigenvalue weighted by molar-refractivity contribution is -0.0335. The summed E-state index contributed by atoms with van der Waals surface area (Å²) in [5.74, 6) is 1.51. The lowest BCUT2D eigenvalue weighted by Gasteiger charge is -2.47. The van der Waals surface area contributed by atoms with Crippen LogP contribution in [0.25, 0.3) is 0 Å². The van der Waals surface area contributed by atoms with Crippen molar-refractivity contribution in [3.05, 3.63) is 46.1 Å². The van der Waals surface area contributed by atoms with Crippen molar-refractivity contribution in [3.63, 3.8) is 0 Å². The van der Waals surface area contributed by atoms with Crippen LogP contribution >= 0.6 is 15.9 Å². The van der Waals surface area contributed by atoms with E-state index in [1.807, 2.05) is 27.7 Å². The van der Waals surface area contributed by atoms with E-state index in [-0.39, 0.29) is 16.4 Å². The average molecular weight is 515 g/mol. The van der Waals surface area contributed by atoms with Crippen LogP contribution < -0.4 is 4.72 Å². The second-order valence-electron chi connectivity index (χ2n) is 10.1. The molecule has 1 aliphatic rings. The standard InChI is InChI=1S/C25H40BrNO3S/c1-9-30-19(4)12-21-13-22(26)11-10-20(21)16-25(27-31(28)24(5,6)7)14-17(2)23(29-8)18(3)15-25/h10-11,13,17-18,23,27H,4,9,12,14-16H2,1-3,5-8H3/t17-,18+,23?,25?,31?. The van der Waals surface area contributed by atoms with Gasteiger partial charge >= 0.3 is 0 Å². The fourth-order valence-electron chi connectivity index (χ4n) is 4.95. The summed E-state index contributed by atoms with van der Waals surface area (Å²) in [6.07, 6.45) is 3.54. The maximum atomic E-state index is 13.2. The molecule has 31 heavy (non-hydrogen) atoms. The third kappa shape index (κ3) is 7.23. The molecule has 1 aliphatic carbocycles. The maximum absolute atomic E-state index is 13.2. The zero-order chi connectivity index (χ0) is 23.4. The number of halogens is 1. The third-order valence-electron chi connectivity index (χ3n) is 6.12. The fraction of sp³-hybridized carbons (Fsp3) is 0.680. The van der Waals surface area contributed by atoms with E-state index in [0.29, 0.717) is 24.9 Å². The van der Waals surface area contributed by atoms with E-state index in [2.05, 4.69) is 59.3 Å². The molecule has 0 heterocycles. The second kappa shape index (κ2) is 11.1. The van der Waals surface area contributed by atoms with E-state index in [1.54, 1.807) is 7.11 Å².